The molecule has 0 unspecified atom stereocenters. The van der Waals surface area contributed by atoms with Gasteiger partial charge in [0.25, 0.3) is 5.91 Å². The molecule has 1 aliphatic heterocycles. The van der Waals surface area contributed by atoms with Gasteiger partial charge in [0.05, 0.1) is 17.8 Å². The number of hydrogen-bond acceptors (Lipinski definition) is 6. The van der Waals surface area contributed by atoms with E-state index in [1.807, 2.05) is 16.7 Å². The lowest BCUT2D eigenvalue weighted by Crippen LogP contribution is -2.49. The number of carbonyl (C=O) groups is 4. The van der Waals surface area contributed by atoms with E-state index in [0.717, 1.165) is 6.42 Å². The van der Waals surface area contributed by atoms with Crippen LogP contribution in [0.1, 0.15) is 34.1 Å². The number of amides is 2. The number of nitrogens with zero attached hydrogens (tertiary/aromatic N) is 2. The van der Waals surface area contributed by atoms with Gasteiger partial charge in [-0.1, -0.05) is 6.92 Å². The number of aliphatic carboxylic acids is 1. The Morgan fingerprint density at radius 3 is 2.05 bits per heavy atom. The highest BCUT2D eigenvalue weighted by Gasteiger charge is 2.38. The van der Waals surface area contributed by atoms with Crippen LogP contribution in [0.5, 0.6) is 0 Å². The van der Waals surface area contributed by atoms with Gasteiger partial charge in [-0.25, -0.2) is 14.0 Å². The minimum absolute atomic E-state index is 0.00669. The van der Waals surface area contributed by atoms with E-state index in [1.165, 1.54) is 30.3 Å². The average Bonchev–Trinajstić information content (AvgIpc) is 2.88. The Balaban J connectivity index is 0.000000673. The van der Waals surface area contributed by atoms with E-state index in [-0.39, 0.29) is 17.0 Å². The van der Waals surface area contributed by atoms with Crippen LogP contribution in [0, 0.1) is 5.82 Å². The maximum absolute atomic E-state index is 13.1. The number of carboxylic acid groups (broad SMARTS) is 2. The summed E-state index contributed by atoms with van der Waals surface area (Å²) in [6.45, 7) is 5.44. The fourth-order valence-corrected chi connectivity index (χ4v) is 3.54. The highest BCUT2D eigenvalue weighted by atomic mass is 19.4. The normalized spacial score (nSPS) is 13.6. The van der Waals surface area contributed by atoms with Gasteiger partial charge in [-0.3, -0.25) is 14.5 Å². The summed E-state index contributed by atoms with van der Waals surface area (Å²) in [5.41, 5.74) is 1.25. The lowest BCUT2D eigenvalue weighted by atomic mass is 10.1. The van der Waals surface area contributed by atoms with Crippen molar-refractivity contribution in [2.24, 2.45) is 0 Å². The number of aromatic carboxylic acids is 1. The SMILES string of the molecule is CCCNC(=O)CN1CCN(c2ccc(NC(=O)c3ccc(F)cc3)cc2C(=O)O)CC1.O=C(O)C(F)(F)F. The van der Waals surface area contributed by atoms with Crippen LogP contribution in [0.15, 0.2) is 42.5 Å². The third-order valence-electron chi connectivity index (χ3n) is 5.49. The van der Waals surface area contributed by atoms with E-state index >= 15 is 0 Å². The molecule has 2 amide bonds. The first-order chi connectivity index (χ1) is 18.3. The number of halogens is 4. The zero-order chi connectivity index (χ0) is 29.2. The van der Waals surface area contributed by atoms with Crippen LogP contribution >= 0.6 is 0 Å². The van der Waals surface area contributed by atoms with Gasteiger partial charge in [-0.2, -0.15) is 13.2 Å². The maximum atomic E-state index is 13.1. The van der Waals surface area contributed by atoms with Crippen molar-refractivity contribution in [1.29, 1.82) is 0 Å². The molecule has 39 heavy (non-hydrogen) atoms. The van der Waals surface area contributed by atoms with Crippen LogP contribution in [0.25, 0.3) is 0 Å². The fraction of sp³-hybridized carbons (Fsp3) is 0.360. The van der Waals surface area contributed by atoms with E-state index in [9.17, 15) is 37.1 Å². The second-order valence-corrected chi connectivity index (χ2v) is 8.41. The van der Waals surface area contributed by atoms with Gasteiger partial charge < -0.3 is 25.7 Å². The first-order valence-electron chi connectivity index (χ1n) is 11.8. The second kappa shape index (κ2) is 14.1. The number of piperazine rings is 1. The summed E-state index contributed by atoms with van der Waals surface area (Å²) in [5.74, 6) is -4.76. The van der Waals surface area contributed by atoms with E-state index in [4.69, 9.17) is 9.90 Å². The number of nitrogens with one attached hydrogen (secondary N) is 2. The molecular weight excluding hydrogens is 528 g/mol. The monoisotopic (exact) mass is 556 g/mol. The van der Waals surface area contributed by atoms with E-state index in [2.05, 4.69) is 10.6 Å². The quantitative estimate of drug-likeness (QED) is 0.364. The van der Waals surface area contributed by atoms with Crippen LogP contribution in [-0.2, 0) is 9.59 Å². The van der Waals surface area contributed by atoms with Crippen molar-refractivity contribution in [3.05, 3.63) is 59.4 Å². The Bertz CT molecular complexity index is 1170. The van der Waals surface area contributed by atoms with Crippen molar-refractivity contribution < 1.29 is 47.0 Å². The van der Waals surface area contributed by atoms with Gasteiger partial charge in [0.1, 0.15) is 5.82 Å². The Hall–Kier alpha value is -4.20. The van der Waals surface area contributed by atoms with E-state index in [0.29, 0.717) is 50.6 Å². The molecule has 1 aliphatic rings. The summed E-state index contributed by atoms with van der Waals surface area (Å²) >= 11 is 0. The topological polar surface area (TPSA) is 139 Å². The van der Waals surface area contributed by atoms with Gasteiger partial charge in [0.2, 0.25) is 5.91 Å². The maximum Gasteiger partial charge on any atom is 0.490 e. The molecule has 0 saturated carbocycles. The van der Waals surface area contributed by atoms with Gasteiger partial charge in [0.15, 0.2) is 0 Å². The van der Waals surface area contributed by atoms with Crippen molar-refractivity contribution in [2.75, 3.05) is 49.5 Å². The molecule has 1 saturated heterocycles. The molecule has 3 rings (SSSR count). The molecular formula is C25H28F4N4O6. The molecule has 212 valence electrons. The largest absolute Gasteiger partial charge is 0.490 e. The number of anilines is 2. The number of carbonyl (C=O) groups excluding carboxylic acids is 2. The first-order valence-corrected chi connectivity index (χ1v) is 11.8. The molecule has 4 N–H and O–H groups in total. The molecule has 0 spiro atoms. The van der Waals surface area contributed by atoms with Gasteiger partial charge in [0, 0.05) is 44.0 Å². The smallest absolute Gasteiger partial charge is 0.478 e. The average molecular weight is 557 g/mol. The minimum Gasteiger partial charge on any atom is -0.478 e. The molecule has 0 bridgehead atoms. The third kappa shape index (κ3) is 9.89. The molecule has 2 aromatic rings. The van der Waals surface area contributed by atoms with Crippen molar-refractivity contribution in [3.63, 3.8) is 0 Å². The molecule has 1 heterocycles. The van der Waals surface area contributed by atoms with E-state index < -0.39 is 29.8 Å². The van der Waals surface area contributed by atoms with Crippen molar-refractivity contribution in [1.82, 2.24) is 10.2 Å². The lowest BCUT2D eigenvalue weighted by Gasteiger charge is -2.36. The third-order valence-corrected chi connectivity index (χ3v) is 5.49. The number of alkyl halides is 3. The van der Waals surface area contributed by atoms with Crippen molar-refractivity contribution >= 4 is 35.1 Å². The van der Waals surface area contributed by atoms with Crippen LogP contribution < -0.4 is 15.5 Å². The van der Waals surface area contributed by atoms with E-state index in [1.54, 1.807) is 12.1 Å². The highest BCUT2D eigenvalue weighted by Crippen LogP contribution is 2.26. The molecule has 0 radical (unpaired) electrons. The van der Waals surface area contributed by atoms with Crippen molar-refractivity contribution in [2.45, 2.75) is 19.5 Å². The Kier molecular flexibility index (Phi) is 11.2. The molecule has 14 heteroatoms. The molecule has 10 nitrogen and oxygen atoms in total. The Morgan fingerprint density at radius 1 is 0.949 bits per heavy atom. The predicted octanol–water partition coefficient (Wildman–Crippen LogP) is 3.06. The summed E-state index contributed by atoms with van der Waals surface area (Å²) in [7, 11) is 0. The molecule has 2 aromatic carbocycles. The molecule has 1 fully saturated rings. The standard InChI is InChI=1S/C23H27FN4O4.C2HF3O2/c1-2-9-25-21(29)15-27-10-12-28(13-11-27)20-8-7-18(14-19(20)23(31)32)26-22(30)16-3-5-17(24)6-4-16;3-2(4,5)1(6)7/h3-8,14H,2,9-13,15H2,1H3,(H,25,29)(H,26,30)(H,31,32);(H,6,7). The van der Waals surface area contributed by atoms with Crippen LogP contribution in [0.4, 0.5) is 28.9 Å². The lowest BCUT2D eigenvalue weighted by molar-refractivity contribution is -0.192. The molecule has 0 aliphatic carbocycles. The summed E-state index contributed by atoms with van der Waals surface area (Å²) in [4.78, 5) is 49.0. The predicted molar refractivity (Wildman–Crippen MR) is 133 cm³/mol. The summed E-state index contributed by atoms with van der Waals surface area (Å²) in [6, 6.07) is 9.84. The van der Waals surface area contributed by atoms with Crippen LogP contribution in [-0.4, -0.2) is 84.3 Å². The number of benzene rings is 2. The Labute approximate surface area is 221 Å². The minimum atomic E-state index is -5.08. The Morgan fingerprint density at radius 2 is 1.54 bits per heavy atom. The number of hydrogen-bond donors (Lipinski definition) is 4. The summed E-state index contributed by atoms with van der Waals surface area (Å²) in [6.07, 6.45) is -4.20. The first kappa shape index (κ1) is 31.0. The fourth-order valence-electron chi connectivity index (χ4n) is 3.54. The summed E-state index contributed by atoms with van der Waals surface area (Å²) in [5, 5.41) is 22.3. The van der Waals surface area contributed by atoms with Gasteiger partial charge in [-0.05, 0) is 48.9 Å². The highest BCUT2D eigenvalue weighted by molar-refractivity contribution is 6.05. The molecule has 0 atom stereocenters. The van der Waals surface area contributed by atoms with Crippen LogP contribution in [0.2, 0.25) is 0 Å². The second-order valence-electron chi connectivity index (χ2n) is 8.41. The van der Waals surface area contributed by atoms with Crippen molar-refractivity contribution in [3.8, 4) is 0 Å². The zero-order valence-electron chi connectivity index (χ0n) is 20.9. The zero-order valence-corrected chi connectivity index (χ0v) is 20.9. The van der Waals surface area contributed by atoms with Crippen LogP contribution in [0.3, 0.4) is 0 Å². The summed E-state index contributed by atoms with van der Waals surface area (Å²) < 4.78 is 44.8. The number of rotatable bonds is 8. The van der Waals surface area contributed by atoms with Gasteiger partial charge in [-0.15, -0.1) is 0 Å². The van der Waals surface area contributed by atoms with Gasteiger partial charge >= 0.3 is 18.1 Å². The number of carboxylic acids is 2. The molecule has 0 aromatic heterocycles.